The smallest absolute Gasteiger partial charge is 0.422 e. The number of rotatable bonds is 6. The molecule has 2 N–H and O–H groups in total. The van der Waals surface area contributed by atoms with Gasteiger partial charge in [-0.1, -0.05) is 6.07 Å². The summed E-state index contributed by atoms with van der Waals surface area (Å²) in [6.07, 6.45) is -2.24. The molecule has 6 nitrogen and oxygen atoms in total. The van der Waals surface area contributed by atoms with Crippen LogP contribution in [0.4, 0.5) is 18.9 Å². The molecule has 0 fully saturated rings. The second-order valence-electron chi connectivity index (χ2n) is 8.15. The standard InChI is InChI=1S/C24H24F3NO5/c1-5-28-18-12-16(14(2)10-20(18)33-23(3,4)22(28)31)17-11-15(7-9-21(29)30)6-8-19(17)32-13-24(25,26)27/h6-12H,5,13H2,1-4H3,(H,29,30)/p+1/b9-7+. The van der Waals surface area contributed by atoms with E-state index in [9.17, 15) is 23.1 Å². The van der Waals surface area contributed by atoms with Crippen molar-refractivity contribution in [3.63, 3.8) is 0 Å². The summed E-state index contributed by atoms with van der Waals surface area (Å²) in [4.78, 5) is 10.9. The lowest BCUT2D eigenvalue weighted by molar-refractivity contribution is -0.457. The molecule has 0 spiro atoms. The molecule has 33 heavy (non-hydrogen) atoms. The molecule has 0 radical (unpaired) electrons. The monoisotopic (exact) mass is 464 g/mol. The fourth-order valence-corrected chi connectivity index (χ4v) is 3.65. The van der Waals surface area contributed by atoms with Crippen LogP contribution < -0.4 is 9.47 Å². The van der Waals surface area contributed by atoms with E-state index in [0.717, 1.165) is 6.08 Å². The van der Waals surface area contributed by atoms with Crippen LogP contribution in [0, 0.1) is 6.92 Å². The van der Waals surface area contributed by atoms with Gasteiger partial charge in [-0.25, -0.2) is 4.79 Å². The number of aliphatic hydroxyl groups excluding tert-OH is 1. The predicted molar refractivity (Wildman–Crippen MR) is 118 cm³/mol. The van der Waals surface area contributed by atoms with Crippen LogP contribution in [0.1, 0.15) is 31.9 Å². The van der Waals surface area contributed by atoms with Gasteiger partial charge in [0.05, 0.1) is 0 Å². The molecule has 3 rings (SSSR count). The summed E-state index contributed by atoms with van der Waals surface area (Å²) in [5.41, 5.74) is 1.71. The van der Waals surface area contributed by atoms with E-state index in [0.29, 0.717) is 40.2 Å². The van der Waals surface area contributed by atoms with Gasteiger partial charge in [-0.3, -0.25) is 0 Å². The highest BCUT2D eigenvalue weighted by atomic mass is 19.4. The summed E-state index contributed by atoms with van der Waals surface area (Å²) in [7, 11) is 0. The minimum absolute atomic E-state index is 0.00356. The SMILES string of the molecule is CC[N+]1=C(O)C(C)(C)Oc2cc(C)c(-c3cc(/C=C/C(=O)O)ccc3OCC(F)(F)F)cc21. The van der Waals surface area contributed by atoms with Crippen molar-refractivity contribution >= 4 is 23.6 Å². The van der Waals surface area contributed by atoms with E-state index in [1.54, 1.807) is 43.5 Å². The number of carboxylic acid groups (broad SMARTS) is 1. The molecule has 0 atom stereocenters. The third-order valence-corrected chi connectivity index (χ3v) is 5.18. The second kappa shape index (κ2) is 8.80. The van der Waals surface area contributed by atoms with E-state index >= 15 is 0 Å². The molecule has 176 valence electrons. The maximum Gasteiger partial charge on any atom is 0.422 e. The van der Waals surface area contributed by atoms with Crippen LogP contribution in [0.5, 0.6) is 11.5 Å². The second-order valence-corrected chi connectivity index (χ2v) is 8.15. The van der Waals surface area contributed by atoms with E-state index < -0.39 is 24.4 Å². The molecular formula is C24H25F3NO5+. The van der Waals surface area contributed by atoms with Gasteiger partial charge < -0.3 is 19.7 Å². The molecule has 0 aromatic heterocycles. The van der Waals surface area contributed by atoms with Crippen LogP contribution in [0.25, 0.3) is 17.2 Å². The molecular weight excluding hydrogens is 439 g/mol. The topological polar surface area (TPSA) is 79.0 Å². The first kappa shape index (κ1) is 24.2. The Morgan fingerprint density at radius 2 is 1.91 bits per heavy atom. The van der Waals surface area contributed by atoms with Crippen LogP contribution >= 0.6 is 0 Å². The minimum atomic E-state index is -4.52. The lowest BCUT2D eigenvalue weighted by Gasteiger charge is -2.28. The van der Waals surface area contributed by atoms with Crippen molar-refractivity contribution in [3.05, 3.63) is 47.5 Å². The number of fused-ring (bicyclic) bond motifs is 1. The Hall–Kier alpha value is -3.49. The van der Waals surface area contributed by atoms with E-state index in [-0.39, 0.29) is 11.6 Å². The van der Waals surface area contributed by atoms with Gasteiger partial charge in [-0.15, -0.1) is 0 Å². The van der Waals surface area contributed by atoms with Crippen LogP contribution in [-0.2, 0) is 4.79 Å². The number of alkyl halides is 3. The molecule has 2 aromatic rings. The number of benzene rings is 2. The quantitative estimate of drug-likeness (QED) is 0.437. The Morgan fingerprint density at radius 3 is 2.52 bits per heavy atom. The van der Waals surface area contributed by atoms with Crippen molar-refractivity contribution in [3.8, 4) is 22.6 Å². The van der Waals surface area contributed by atoms with Crippen molar-refractivity contribution in [2.45, 2.75) is 39.5 Å². The Bertz CT molecular complexity index is 1150. The first-order chi connectivity index (χ1) is 15.3. The van der Waals surface area contributed by atoms with Crippen LogP contribution in [-0.4, -0.2) is 51.6 Å². The molecule has 0 bridgehead atoms. The maximum atomic E-state index is 12.8. The van der Waals surface area contributed by atoms with Gasteiger partial charge in [0.1, 0.15) is 12.3 Å². The molecule has 0 amide bonds. The number of nitrogens with zero attached hydrogens (tertiary/aromatic N) is 1. The van der Waals surface area contributed by atoms with Gasteiger partial charge in [-0.2, -0.15) is 17.7 Å². The van der Waals surface area contributed by atoms with Crippen LogP contribution in [0.2, 0.25) is 0 Å². The fraction of sp³-hybridized carbons (Fsp3) is 0.333. The maximum absolute atomic E-state index is 12.8. The molecule has 0 unspecified atom stereocenters. The first-order valence-corrected chi connectivity index (χ1v) is 10.2. The number of aryl methyl sites for hydroxylation is 1. The third-order valence-electron chi connectivity index (χ3n) is 5.18. The summed E-state index contributed by atoms with van der Waals surface area (Å²) in [5.74, 6) is -0.612. The number of hydrogen-bond donors (Lipinski definition) is 2. The van der Waals surface area contributed by atoms with Gasteiger partial charge in [-0.05, 0) is 68.7 Å². The third kappa shape index (κ3) is 5.30. The lowest BCUT2D eigenvalue weighted by Crippen LogP contribution is -2.45. The number of carboxylic acids is 1. The van der Waals surface area contributed by atoms with Crippen molar-refractivity contribution in [2.24, 2.45) is 0 Å². The number of hydrogen-bond acceptors (Lipinski definition) is 3. The fourth-order valence-electron chi connectivity index (χ4n) is 3.65. The number of carbonyl (C=O) groups is 1. The molecule has 0 saturated carbocycles. The first-order valence-electron chi connectivity index (χ1n) is 10.2. The summed E-state index contributed by atoms with van der Waals surface area (Å²) in [6.45, 7) is 6.08. The Kier molecular flexibility index (Phi) is 6.44. The van der Waals surface area contributed by atoms with Gasteiger partial charge in [0.2, 0.25) is 5.60 Å². The number of halogens is 3. The summed E-state index contributed by atoms with van der Waals surface area (Å²) in [5, 5.41) is 19.6. The van der Waals surface area contributed by atoms with Crippen LogP contribution in [0.15, 0.2) is 36.4 Å². The summed E-state index contributed by atoms with van der Waals surface area (Å²) in [6, 6.07) is 7.90. The zero-order chi connectivity index (χ0) is 24.6. The van der Waals surface area contributed by atoms with Gasteiger partial charge in [0, 0.05) is 17.7 Å². The average Bonchev–Trinajstić information content (AvgIpc) is 2.71. The predicted octanol–water partition coefficient (Wildman–Crippen LogP) is 5.49. The van der Waals surface area contributed by atoms with E-state index in [4.69, 9.17) is 14.6 Å². The lowest BCUT2D eigenvalue weighted by atomic mass is 9.95. The van der Waals surface area contributed by atoms with Gasteiger partial charge >= 0.3 is 18.0 Å². The normalized spacial score (nSPS) is 15.4. The van der Waals surface area contributed by atoms with Gasteiger partial charge in [0.25, 0.3) is 5.69 Å². The zero-order valence-electron chi connectivity index (χ0n) is 18.7. The van der Waals surface area contributed by atoms with Crippen molar-refractivity contribution in [1.82, 2.24) is 0 Å². The highest BCUT2D eigenvalue weighted by Crippen LogP contribution is 2.43. The molecule has 9 heteroatoms. The minimum Gasteiger partial charge on any atom is -0.483 e. The van der Waals surface area contributed by atoms with Crippen molar-refractivity contribution < 1.29 is 42.2 Å². The molecule has 1 aliphatic rings. The van der Waals surface area contributed by atoms with Crippen molar-refractivity contribution in [2.75, 3.05) is 13.2 Å². The van der Waals surface area contributed by atoms with Gasteiger partial charge in [0.15, 0.2) is 12.4 Å². The highest BCUT2D eigenvalue weighted by molar-refractivity contribution is 5.87. The van der Waals surface area contributed by atoms with Crippen molar-refractivity contribution in [1.29, 1.82) is 0 Å². The molecule has 1 aliphatic heterocycles. The van der Waals surface area contributed by atoms with E-state index in [1.165, 1.54) is 18.2 Å². The number of ether oxygens (including phenoxy) is 2. The zero-order valence-corrected chi connectivity index (χ0v) is 18.7. The Labute approximate surface area is 189 Å². The Morgan fingerprint density at radius 1 is 1.21 bits per heavy atom. The van der Waals surface area contributed by atoms with E-state index in [1.807, 2.05) is 6.92 Å². The Balaban J connectivity index is 2.20. The van der Waals surface area contributed by atoms with E-state index in [2.05, 4.69) is 0 Å². The number of aliphatic carboxylic acids is 1. The largest absolute Gasteiger partial charge is 0.483 e. The molecule has 1 heterocycles. The number of aliphatic hydroxyl groups is 1. The molecule has 0 saturated heterocycles. The summed E-state index contributed by atoms with van der Waals surface area (Å²) >= 11 is 0. The van der Waals surface area contributed by atoms with Crippen LogP contribution in [0.3, 0.4) is 0 Å². The summed E-state index contributed by atoms with van der Waals surface area (Å²) < 4.78 is 51.2. The molecule has 2 aromatic carbocycles. The molecule has 0 aliphatic carbocycles. The average molecular weight is 464 g/mol. The highest BCUT2D eigenvalue weighted by Gasteiger charge is 2.42.